The summed E-state index contributed by atoms with van der Waals surface area (Å²) in [6.45, 7) is 4.24. The molecular weight excluding hydrogens is 205 g/mol. The average molecular weight is 224 g/mol. The van der Waals surface area contributed by atoms with Crippen LogP contribution in [0.15, 0.2) is 0 Å². The van der Waals surface area contributed by atoms with Gasteiger partial charge >= 0.3 is 6.18 Å². The van der Waals surface area contributed by atoms with E-state index in [4.69, 9.17) is 0 Å². The van der Waals surface area contributed by atoms with Crippen molar-refractivity contribution in [1.82, 2.24) is 10.2 Å². The third-order valence-electron chi connectivity index (χ3n) is 2.73. The quantitative estimate of drug-likeness (QED) is 0.786. The maximum atomic E-state index is 12.3. The van der Waals surface area contributed by atoms with Gasteiger partial charge in [-0.3, -0.25) is 4.90 Å². The van der Waals surface area contributed by atoms with E-state index in [0.29, 0.717) is 6.54 Å². The summed E-state index contributed by atoms with van der Waals surface area (Å²) >= 11 is 0. The number of rotatable bonds is 4. The molecule has 2 nitrogen and oxygen atoms in total. The molecule has 0 aromatic carbocycles. The molecule has 1 N–H and O–H groups in total. The van der Waals surface area contributed by atoms with E-state index in [9.17, 15) is 13.2 Å². The molecule has 1 atom stereocenters. The fraction of sp³-hybridized carbons (Fsp3) is 1.00. The molecule has 0 aromatic heterocycles. The van der Waals surface area contributed by atoms with Gasteiger partial charge in [-0.1, -0.05) is 0 Å². The summed E-state index contributed by atoms with van der Waals surface area (Å²) in [5.74, 6) is 0. The van der Waals surface area contributed by atoms with E-state index in [1.807, 2.05) is 0 Å². The third kappa shape index (κ3) is 4.84. The lowest BCUT2D eigenvalue weighted by Crippen LogP contribution is -2.45. The number of halogens is 3. The second kappa shape index (κ2) is 5.16. The van der Waals surface area contributed by atoms with E-state index in [2.05, 4.69) is 5.32 Å². The van der Waals surface area contributed by atoms with Crippen molar-refractivity contribution >= 4 is 0 Å². The molecule has 0 spiro atoms. The van der Waals surface area contributed by atoms with Crippen LogP contribution in [0.2, 0.25) is 0 Å². The van der Waals surface area contributed by atoms with Crippen molar-refractivity contribution in [2.24, 2.45) is 0 Å². The van der Waals surface area contributed by atoms with Gasteiger partial charge in [-0.05, 0) is 33.2 Å². The first-order chi connectivity index (χ1) is 6.88. The molecule has 5 heteroatoms. The highest BCUT2D eigenvalue weighted by molar-refractivity contribution is 4.80. The van der Waals surface area contributed by atoms with Crippen molar-refractivity contribution in [2.75, 3.05) is 19.6 Å². The zero-order chi connectivity index (χ0) is 11.5. The third-order valence-corrected chi connectivity index (χ3v) is 2.73. The molecule has 0 bridgehead atoms. The predicted octanol–water partition coefficient (Wildman–Crippen LogP) is 2.01. The van der Waals surface area contributed by atoms with E-state index in [1.165, 1.54) is 4.90 Å². The Morgan fingerprint density at radius 1 is 1.40 bits per heavy atom. The smallest absolute Gasteiger partial charge is 0.313 e. The van der Waals surface area contributed by atoms with Gasteiger partial charge in [0.15, 0.2) is 0 Å². The number of alkyl halides is 3. The summed E-state index contributed by atoms with van der Waals surface area (Å²) in [4.78, 5) is 1.49. The Balaban J connectivity index is 2.42. The molecular formula is C10H19F3N2. The molecule has 15 heavy (non-hydrogen) atoms. The van der Waals surface area contributed by atoms with Gasteiger partial charge in [0.2, 0.25) is 0 Å². The van der Waals surface area contributed by atoms with Gasteiger partial charge in [0.25, 0.3) is 0 Å². The molecule has 1 aliphatic heterocycles. The number of hydrogen-bond acceptors (Lipinski definition) is 2. The molecule has 0 amide bonds. The van der Waals surface area contributed by atoms with Gasteiger partial charge in [0.1, 0.15) is 0 Å². The van der Waals surface area contributed by atoms with Crippen molar-refractivity contribution in [1.29, 1.82) is 0 Å². The van der Waals surface area contributed by atoms with E-state index in [1.54, 1.807) is 13.8 Å². The highest BCUT2D eigenvalue weighted by Crippen LogP contribution is 2.19. The Hall–Kier alpha value is -0.290. The zero-order valence-corrected chi connectivity index (χ0v) is 9.27. The number of hydrogen-bond donors (Lipinski definition) is 1. The van der Waals surface area contributed by atoms with Crippen molar-refractivity contribution < 1.29 is 13.2 Å². The van der Waals surface area contributed by atoms with Crippen molar-refractivity contribution in [3.8, 4) is 0 Å². The van der Waals surface area contributed by atoms with Gasteiger partial charge in [0, 0.05) is 18.6 Å². The van der Waals surface area contributed by atoms with E-state index in [-0.39, 0.29) is 12.1 Å². The summed E-state index contributed by atoms with van der Waals surface area (Å²) in [6.07, 6.45) is -2.04. The summed E-state index contributed by atoms with van der Waals surface area (Å²) in [7, 11) is 0. The lowest BCUT2D eigenvalue weighted by Gasteiger charge is -2.29. The van der Waals surface area contributed by atoms with Gasteiger partial charge < -0.3 is 5.32 Å². The maximum absolute atomic E-state index is 12.3. The summed E-state index contributed by atoms with van der Waals surface area (Å²) in [5.41, 5.74) is 0. The standard InChI is InChI=1S/C10H19F3N2/c1-8(2)15(7-10(11,12)13)6-9-4-3-5-14-9/h8-9,14H,3-7H2,1-2H3/t9-/m0/s1. The Morgan fingerprint density at radius 2 is 2.07 bits per heavy atom. The maximum Gasteiger partial charge on any atom is 0.401 e. The fourth-order valence-electron chi connectivity index (χ4n) is 1.88. The highest BCUT2D eigenvalue weighted by Gasteiger charge is 2.33. The first-order valence-electron chi connectivity index (χ1n) is 5.42. The summed E-state index contributed by atoms with van der Waals surface area (Å²) in [6, 6.07) is 0.170. The molecule has 0 aromatic rings. The van der Waals surface area contributed by atoms with Crippen LogP contribution in [0, 0.1) is 0 Å². The minimum absolute atomic E-state index is 0.0611. The van der Waals surface area contributed by atoms with Crippen LogP contribution in [0.3, 0.4) is 0 Å². The van der Waals surface area contributed by atoms with Gasteiger partial charge in [-0.2, -0.15) is 13.2 Å². The second-order valence-electron chi connectivity index (χ2n) is 4.43. The van der Waals surface area contributed by atoms with Crippen LogP contribution >= 0.6 is 0 Å². The van der Waals surface area contributed by atoms with Crippen LogP contribution in [-0.2, 0) is 0 Å². The van der Waals surface area contributed by atoms with Crippen LogP contribution < -0.4 is 5.32 Å². The van der Waals surface area contributed by atoms with Crippen LogP contribution in [0.4, 0.5) is 13.2 Å². The molecule has 0 saturated carbocycles. The minimum atomic E-state index is -4.09. The van der Waals surface area contributed by atoms with Crippen molar-refractivity contribution in [2.45, 2.75) is 44.9 Å². The molecule has 1 rings (SSSR count). The lowest BCUT2D eigenvalue weighted by molar-refractivity contribution is -0.150. The van der Waals surface area contributed by atoms with E-state index in [0.717, 1.165) is 19.4 Å². The molecule has 0 aliphatic carbocycles. The first-order valence-corrected chi connectivity index (χ1v) is 5.42. The van der Waals surface area contributed by atoms with Crippen molar-refractivity contribution in [3.05, 3.63) is 0 Å². The lowest BCUT2D eigenvalue weighted by atomic mass is 10.2. The Morgan fingerprint density at radius 3 is 2.47 bits per heavy atom. The molecule has 1 aliphatic rings. The molecule has 1 heterocycles. The Bertz CT molecular complexity index is 186. The summed E-state index contributed by atoms with van der Waals surface area (Å²) in [5, 5.41) is 3.22. The normalized spacial score (nSPS) is 23.0. The second-order valence-corrected chi connectivity index (χ2v) is 4.43. The molecule has 1 saturated heterocycles. The van der Waals surface area contributed by atoms with Crippen LogP contribution in [0.1, 0.15) is 26.7 Å². The Kier molecular flexibility index (Phi) is 4.40. The highest BCUT2D eigenvalue weighted by atomic mass is 19.4. The largest absolute Gasteiger partial charge is 0.401 e. The monoisotopic (exact) mass is 224 g/mol. The SMILES string of the molecule is CC(C)N(C[C@@H]1CCCN1)CC(F)(F)F. The minimum Gasteiger partial charge on any atom is -0.313 e. The van der Waals surface area contributed by atoms with Crippen LogP contribution in [0.5, 0.6) is 0 Å². The topological polar surface area (TPSA) is 15.3 Å². The summed E-state index contributed by atoms with van der Waals surface area (Å²) < 4.78 is 36.8. The fourth-order valence-corrected chi connectivity index (χ4v) is 1.88. The zero-order valence-electron chi connectivity index (χ0n) is 9.27. The van der Waals surface area contributed by atoms with Crippen molar-refractivity contribution in [3.63, 3.8) is 0 Å². The van der Waals surface area contributed by atoms with E-state index < -0.39 is 12.7 Å². The van der Waals surface area contributed by atoms with Crippen LogP contribution in [0.25, 0.3) is 0 Å². The average Bonchev–Trinajstić information content (AvgIpc) is 2.52. The van der Waals surface area contributed by atoms with Gasteiger partial charge in [0.05, 0.1) is 6.54 Å². The first kappa shape index (κ1) is 12.8. The predicted molar refractivity (Wildman–Crippen MR) is 53.8 cm³/mol. The van der Waals surface area contributed by atoms with Gasteiger partial charge in [-0.15, -0.1) is 0 Å². The van der Waals surface area contributed by atoms with E-state index >= 15 is 0 Å². The number of nitrogens with one attached hydrogen (secondary N) is 1. The molecule has 1 fully saturated rings. The Labute approximate surface area is 88.8 Å². The molecule has 0 radical (unpaired) electrons. The van der Waals surface area contributed by atoms with Gasteiger partial charge in [-0.25, -0.2) is 0 Å². The molecule has 0 unspecified atom stereocenters. The molecule has 90 valence electrons. The number of nitrogens with zero attached hydrogens (tertiary/aromatic N) is 1. The van der Waals surface area contributed by atoms with Crippen LogP contribution in [-0.4, -0.2) is 42.8 Å².